The second-order valence-electron chi connectivity index (χ2n) is 2.57. The Kier molecular flexibility index (Phi) is 4.25. The van der Waals surface area contributed by atoms with E-state index < -0.39 is 14.6 Å². The highest BCUT2D eigenvalue weighted by atomic mass is 31.2. The molecule has 0 saturated carbocycles. The van der Waals surface area contributed by atoms with Crippen LogP contribution in [0.1, 0.15) is 5.56 Å². The molecule has 0 aliphatic heterocycles. The average molecular weight is 218 g/mol. The molecule has 0 aromatic heterocycles. The Morgan fingerprint density at radius 3 is 2.43 bits per heavy atom. The number of benzene rings is 1. The lowest BCUT2D eigenvalue weighted by Crippen LogP contribution is -1.98. The summed E-state index contributed by atoms with van der Waals surface area (Å²) in [5, 5.41) is 0. The van der Waals surface area contributed by atoms with Gasteiger partial charge in [-0.2, -0.15) is 0 Å². The largest absolute Gasteiger partial charge is 0.471 e. The van der Waals surface area contributed by atoms with Crippen molar-refractivity contribution in [1.82, 2.24) is 0 Å². The third kappa shape index (κ3) is 5.11. The molecule has 1 aromatic carbocycles. The van der Waals surface area contributed by atoms with Crippen molar-refractivity contribution in [3.8, 4) is 0 Å². The van der Waals surface area contributed by atoms with E-state index in [9.17, 15) is 4.57 Å². The molecule has 1 rings (SSSR count). The molecule has 0 unspecified atom stereocenters. The number of phosphoric acid groups is 1. The van der Waals surface area contributed by atoms with Crippen LogP contribution in [0.4, 0.5) is 0 Å². The van der Waals surface area contributed by atoms with Gasteiger partial charge in [-0.25, -0.2) is 4.57 Å². The molecule has 0 fully saturated rings. The lowest BCUT2D eigenvalue weighted by atomic mass is 10.2. The molecular formula is C8H11O5P. The molecule has 5 nitrogen and oxygen atoms in total. The molecule has 1 aromatic rings. The van der Waals surface area contributed by atoms with E-state index in [4.69, 9.17) is 14.5 Å². The fraction of sp³-hybridized carbons (Fsp3) is 0.250. The highest BCUT2D eigenvalue weighted by Crippen LogP contribution is 2.35. The summed E-state index contributed by atoms with van der Waals surface area (Å²) in [4.78, 5) is 16.6. The monoisotopic (exact) mass is 218 g/mol. The van der Waals surface area contributed by atoms with Gasteiger partial charge in [0.1, 0.15) is 0 Å². The van der Waals surface area contributed by atoms with Gasteiger partial charge >= 0.3 is 7.82 Å². The maximum atomic E-state index is 10.2. The summed E-state index contributed by atoms with van der Waals surface area (Å²) in [7, 11) is -4.41. The molecule has 0 bridgehead atoms. The van der Waals surface area contributed by atoms with Gasteiger partial charge in [0, 0.05) is 0 Å². The fourth-order valence-electron chi connectivity index (χ4n) is 0.840. The van der Waals surface area contributed by atoms with E-state index >= 15 is 0 Å². The van der Waals surface area contributed by atoms with Crippen LogP contribution in [-0.4, -0.2) is 16.6 Å². The lowest BCUT2D eigenvalue weighted by molar-refractivity contribution is -0.0108. The summed E-state index contributed by atoms with van der Waals surface area (Å²) in [5.41, 5.74) is 0.918. The molecule has 0 saturated heterocycles. The number of rotatable bonds is 5. The first-order chi connectivity index (χ1) is 6.58. The van der Waals surface area contributed by atoms with Crippen molar-refractivity contribution in [1.29, 1.82) is 0 Å². The molecule has 0 radical (unpaired) electrons. The maximum absolute atomic E-state index is 10.2. The highest BCUT2D eigenvalue weighted by Gasteiger charge is 2.12. The molecule has 2 N–H and O–H groups in total. The molecule has 0 heterocycles. The fourth-order valence-corrected chi connectivity index (χ4v) is 1.05. The molecule has 0 amide bonds. The minimum atomic E-state index is -4.41. The van der Waals surface area contributed by atoms with Crippen LogP contribution in [0.2, 0.25) is 0 Å². The Morgan fingerprint density at radius 1 is 1.21 bits per heavy atom. The zero-order valence-corrected chi connectivity index (χ0v) is 8.26. The zero-order valence-electron chi connectivity index (χ0n) is 7.37. The minimum Gasteiger partial charge on any atom is -0.350 e. The van der Waals surface area contributed by atoms with E-state index in [-0.39, 0.29) is 6.61 Å². The molecule has 0 aliphatic carbocycles. The van der Waals surface area contributed by atoms with E-state index in [0.29, 0.717) is 0 Å². The summed E-state index contributed by atoms with van der Waals surface area (Å²) in [6.07, 6.45) is 0. The molecular weight excluding hydrogens is 207 g/mol. The molecule has 0 atom stereocenters. The normalized spacial score (nSPS) is 11.6. The van der Waals surface area contributed by atoms with Crippen molar-refractivity contribution >= 4 is 7.82 Å². The Morgan fingerprint density at radius 2 is 1.86 bits per heavy atom. The van der Waals surface area contributed by atoms with Gasteiger partial charge in [-0.1, -0.05) is 30.3 Å². The van der Waals surface area contributed by atoms with Crippen molar-refractivity contribution in [2.45, 2.75) is 6.61 Å². The van der Waals surface area contributed by atoms with Crippen LogP contribution >= 0.6 is 7.82 Å². The Labute approximate surface area is 81.5 Å². The SMILES string of the molecule is O=P(O)(O)OCOCc1ccccc1. The van der Waals surface area contributed by atoms with Crippen LogP contribution < -0.4 is 0 Å². The van der Waals surface area contributed by atoms with Crippen molar-refractivity contribution in [2.75, 3.05) is 6.79 Å². The standard InChI is InChI=1S/C8H11O5P/c9-14(10,11)13-7-12-6-8-4-2-1-3-5-8/h1-5H,6-7H2,(H2,9,10,11). The third-order valence-corrected chi connectivity index (χ3v) is 1.86. The van der Waals surface area contributed by atoms with Gasteiger partial charge in [-0.15, -0.1) is 0 Å². The van der Waals surface area contributed by atoms with E-state index in [0.717, 1.165) is 5.56 Å². The van der Waals surface area contributed by atoms with Gasteiger partial charge in [0.05, 0.1) is 6.61 Å². The van der Waals surface area contributed by atoms with Crippen molar-refractivity contribution < 1.29 is 23.6 Å². The number of ether oxygens (including phenoxy) is 1. The first kappa shape index (κ1) is 11.4. The van der Waals surface area contributed by atoms with E-state index in [1.54, 1.807) is 0 Å². The Hall–Kier alpha value is -0.710. The summed E-state index contributed by atoms with van der Waals surface area (Å²) >= 11 is 0. The summed E-state index contributed by atoms with van der Waals surface area (Å²) in [6, 6.07) is 9.26. The van der Waals surface area contributed by atoms with Crippen LogP contribution in [0, 0.1) is 0 Å². The average Bonchev–Trinajstić information content (AvgIpc) is 2.13. The van der Waals surface area contributed by atoms with Gasteiger partial charge in [-0.05, 0) is 5.56 Å². The summed E-state index contributed by atoms with van der Waals surface area (Å²) in [6.45, 7) is -0.153. The lowest BCUT2D eigenvalue weighted by Gasteiger charge is -2.05. The predicted octanol–water partition coefficient (Wildman–Crippen LogP) is 1.27. The van der Waals surface area contributed by atoms with Crippen LogP contribution in [0.15, 0.2) is 30.3 Å². The number of hydrogen-bond donors (Lipinski definition) is 2. The molecule has 0 spiro atoms. The molecule has 78 valence electrons. The van der Waals surface area contributed by atoms with Gasteiger partial charge < -0.3 is 14.5 Å². The second-order valence-corrected chi connectivity index (χ2v) is 3.81. The predicted molar refractivity (Wildman–Crippen MR) is 49.2 cm³/mol. The summed E-state index contributed by atoms with van der Waals surface area (Å²) in [5.74, 6) is 0. The van der Waals surface area contributed by atoms with Crippen LogP contribution in [0.5, 0.6) is 0 Å². The molecule has 6 heteroatoms. The van der Waals surface area contributed by atoms with E-state index in [2.05, 4.69) is 4.52 Å². The number of hydrogen-bond acceptors (Lipinski definition) is 3. The smallest absolute Gasteiger partial charge is 0.350 e. The highest BCUT2D eigenvalue weighted by molar-refractivity contribution is 7.46. The Bertz CT molecular complexity index is 307. The Balaban J connectivity index is 2.20. The van der Waals surface area contributed by atoms with E-state index in [1.165, 1.54) is 0 Å². The van der Waals surface area contributed by atoms with Gasteiger partial charge in [-0.3, -0.25) is 4.52 Å². The van der Waals surface area contributed by atoms with Crippen LogP contribution in [0.25, 0.3) is 0 Å². The maximum Gasteiger partial charge on any atom is 0.471 e. The van der Waals surface area contributed by atoms with Gasteiger partial charge in [0.2, 0.25) is 0 Å². The van der Waals surface area contributed by atoms with Crippen LogP contribution in [0.3, 0.4) is 0 Å². The van der Waals surface area contributed by atoms with Gasteiger partial charge in [0.15, 0.2) is 6.79 Å². The van der Waals surface area contributed by atoms with Gasteiger partial charge in [0.25, 0.3) is 0 Å². The second kappa shape index (κ2) is 5.24. The first-order valence-corrected chi connectivity index (χ1v) is 5.43. The van der Waals surface area contributed by atoms with Crippen molar-refractivity contribution in [3.63, 3.8) is 0 Å². The molecule has 0 aliphatic rings. The quantitative estimate of drug-likeness (QED) is 0.442. The third-order valence-electron chi connectivity index (χ3n) is 1.42. The topological polar surface area (TPSA) is 76.0 Å². The summed E-state index contributed by atoms with van der Waals surface area (Å²) < 4.78 is 19.2. The molecule has 14 heavy (non-hydrogen) atoms. The van der Waals surface area contributed by atoms with Crippen LogP contribution in [-0.2, 0) is 20.4 Å². The van der Waals surface area contributed by atoms with Crippen molar-refractivity contribution in [3.05, 3.63) is 35.9 Å². The van der Waals surface area contributed by atoms with E-state index in [1.807, 2.05) is 30.3 Å². The van der Waals surface area contributed by atoms with Crippen molar-refractivity contribution in [2.24, 2.45) is 0 Å². The first-order valence-electron chi connectivity index (χ1n) is 3.90. The number of phosphoric ester groups is 1. The zero-order chi connectivity index (χ0) is 10.4. The minimum absolute atomic E-state index is 0.265.